The molecule has 3 nitrogen and oxygen atoms in total. The van der Waals surface area contributed by atoms with Crippen LogP contribution in [0.25, 0.3) is 0 Å². The average molecular weight is 223 g/mol. The van der Waals surface area contributed by atoms with Crippen LogP contribution in [0.2, 0.25) is 0 Å². The third-order valence-electron chi connectivity index (χ3n) is 4.63. The van der Waals surface area contributed by atoms with Crippen molar-refractivity contribution < 1.29 is 9.53 Å². The quantitative estimate of drug-likeness (QED) is 0.674. The van der Waals surface area contributed by atoms with Gasteiger partial charge in [0.2, 0.25) is 0 Å². The number of ketones is 1. The van der Waals surface area contributed by atoms with Crippen molar-refractivity contribution in [2.24, 2.45) is 11.8 Å². The van der Waals surface area contributed by atoms with Gasteiger partial charge in [-0.3, -0.25) is 9.69 Å². The maximum absolute atomic E-state index is 12.2. The van der Waals surface area contributed by atoms with Crippen molar-refractivity contribution in [3.05, 3.63) is 0 Å². The monoisotopic (exact) mass is 223 g/mol. The molecule has 3 unspecified atom stereocenters. The molecule has 0 radical (unpaired) electrons. The van der Waals surface area contributed by atoms with Crippen molar-refractivity contribution in [2.75, 3.05) is 26.3 Å². The van der Waals surface area contributed by atoms with Gasteiger partial charge in [-0.1, -0.05) is 6.42 Å². The third kappa shape index (κ3) is 1.80. The number of fused-ring (bicyclic) bond motifs is 2. The highest BCUT2D eigenvalue weighted by Crippen LogP contribution is 2.39. The van der Waals surface area contributed by atoms with E-state index in [0.717, 1.165) is 45.6 Å². The van der Waals surface area contributed by atoms with Crippen LogP contribution in [0, 0.1) is 11.8 Å². The molecule has 3 rings (SSSR count). The Morgan fingerprint density at radius 3 is 2.69 bits per heavy atom. The Balaban J connectivity index is 1.72. The van der Waals surface area contributed by atoms with Gasteiger partial charge in [0.1, 0.15) is 5.78 Å². The molecule has 0 N–H and O–H groups in total. The van der Waals surface area contributed by atoms with Crippen molar-refractivity contribution in [1.82, 2.24) is 4.90 Å². The van der Waals surface area contributed by atoms with Crippen molar-refractivity contribution >= 4 is 5.78 Å². The predicted octanol–water partition coefficient (Wildman–Crippen LogP) is 1.47. The van der Waals surface area contributed by atoms with Crippen molar-refractivity contribution in [3.8, 4) is 0 Å². The Hall–Kier alpha value is -0.410. The first-order valence-corrected chi connectivity index (χ1v) is 6.72. The van der Waals surface area contributed by atoms with Crippen LogP contribution >= 0.6 is 0 Å². The summed E-state index contributed by atoms with van der Waals surface area (Å²) in [6, 6.07) is 0.535. The molecule has 1 aliphatic heterocycles. The summed E-state index contributed by atoms with van der Waals surface area (Å²) in [5, 5.41) is 0. The van der Waals surface area contributed by atoms with Gasteiger partial charge in [-0.25, -0.2) is 0 Å². The molecule has 0 amide bonds. The molecule has 0 spiro atoms. The molecule has 3 atom stereocenters. The minimum Gasteiger partial charge on any atom is -0.379 e. The molecule has 90 valence electrons. The van der Waals surface area contributed by atoms with Crippen LogP contribution in [0.15, 0.2) is 0 Å². The summed E-state index contributed by atoms with van der Waals surface area (Å²) in [6.45, 7) is 3.75. The van der Waals surface area contributed by atoms with Crippen LogP contribution < -0.4 is 0 Å². The van der Waals surface area contributed by atoms with E-state index in [2.05, 4.69) is 4.90 Å². The number of morpholine rings is 1. The highest BCUT2D eigenvalue weighted by atomic mass is 16.5. The lowest BCUT2D eigenvalue weighted by atomic mass is 9.68. The summed E-state index contributed by atoms with van der Waals surface area (Å²) in [4.78, 5) is 14.7. The number of ether oxygens (including phenoxy) is 1. The van der Waals surface area contributed by atoms with Gasteiger partial charge in [0.15, 0.2) is 0 Å². The first-order chi connectivity index (χ1) is 7.86. The first kappa shape index (κ1) is 10.7. The van der Waals surface area contributed by atoms with Gasteiger partial charge in [-0.15, -0.1) is 0 Å². The van der Waals surface area contributed by atoms with E-state index in [1.807, 2.05) is 0 Å². The SMILES string of the molecule is O=C1C2CCCC1C(N1CCOCC1)CC2. The van der Waals surface area contributed by atoms with Crippen molar-refractivity contribution in [1.29, 1.82) is 0 Å². The Morgan fingerprint density at radius 2 is 1.88 bits per heavy atom. The summed E-state index contributed by atoms with van der Waals surface area (Å²) in [5.41, 5.74) is 0. The lowest BCUT2D eigenvalue weighted by Gasteiger charge is -2.45. The second-order valence-electron chi connectivity index (χ2n) is 5.43. The fourth-order valence-electron chi connectivity index (χ4n) is 3.76. The summed E-state index contributed by atoms with van der Waals surface area (Å²) >= 11 is 0. The summed E-state index contributed by atoms with van der Waals surface area (Å²) < 4.78 is 5.39. The van der Waals surface area contributed by atoms with Gasteiger partial charge in [0, 0.05) is 31.0 Å². The molecular weight excluding hydrogens is 202 g/mol. The van der Waals surface area contributed by atoms with Gasteiger partial charge < -0.3 is 4.74 Å². The van der Waals surface area contributed by atoms with Gasteiger partial charge in [-0.05, 0) is 25.7 Å². The number of Topliss-reactive ketones (excluding diaryl/α,β-unsaturated/α-hetero) is 1. The maximum atomic E-state index is 12.2. The third-order valence-corrected chi connectivity index (χ3v) is 4.63. The van der Waals surface area contributed by atoms with Gasteiger partial charge in [0.05, 0.1) is 13.2 Å². The number of rotatable bonds is 1. The molecule has 2 bridgehead atoms. The molecule has 0 aromatic rings. The van der Waals surface area contributed by atoms with E-state index in [-0.39, 0.29) is 0 Å². The van der Waals surface area contributed by atoms with Crippen molar-refractivity contribution in [2.45, 2.75) is 38.1 Å². The zero-order valence-electron chi connectivity index (χ0n) is 9.86. The first-order valence-electron chi connectivity index (χ1n) is 6.72. The van der Waals surface area contributed by atoms with Crippen LogP contribution in [-0.2, 0) is 9.53 Å². The summed E-state index contributed by atoms with van der Waals surface area (Å²) in [6.07, 6.45) is 5.93. The number of carbonyl (C=O) groups excluding carboxylic acids is 1. The molecule has 0 aromatic carbocycles. The zero-order valence-corrected chi connectivity index (χ0v) is 9.86. The Labute approximate surface area is 97.1 Å². The standard InChI is InChI=1S/C13H21NO2/c15-13-10-2-1-3-11(13)12(5-4-10)14-6-8-16-9-7-14/h10-12H,1-9H2. The number of hydrogen-bond donors (Lipinski definition) is 0. The second-order valence-corrected chi connectivity index (χ2v) is 5.43. The van der Waals surface area contributed by atoms with Crippen LogP contribution in [-0.4, -0.2) is 43.0 Å². The zero-order chi connectivity index (χ0) is 11.0. The summed E-state index contributed by atoms with van der Waals surface area (Å²) in [5.74, 6) is 1.34. The molecule has 1 saturated heterocycles. The Bertz CT molecular complexity index is 273. The molecule has 3 fully saturated rings. The molecule has 2 aliphatic carbocycles. The Kier molecular flexibility index (Phi) is 2.99. The second kappa shape index (κ2) is 4.46. The highest BCUT2D eigenvalue weighted by Gasteiger charge is 2.42. The lowest BCUT2D eigenvalue weighted by Crippen LogP contribution is -2.53. The van der Waals surface area contributed by atoms with Crippen molar-refractivity contribution in [3.63, 3.8) is 0 Å². The highest BCUT2D eigenvalue weighted by molar-refractivity contribution is 5.85. The number of carbonyl (C=O) groups is 1. The molecular formula is C13H21NO2. The normalized spacial score (nSPS) is 41.0. The molecule has 3 heteroatoms. The minimum absolute atomic E-state index is 0.352. The smallest absolute Gasteiger partial charge is 0.140 e. The molecule has 0 aromatic heterocycles. The van der Waals surface area contributed by atoms with Crippen LogP contribution in [0.1, 0.15) is 32.1 Å². The average Bonchev–Trinajstić information content (AvgIpc) is 2.30. The van der Waals surface area contributed by atoms with E-state index >= 15 is 0 Å². The lowest BCUT2D eigenvalue weighted by molar-refractivity contribution is -0.137. The van der Waals surface area contributed by atoms with Gasteiger partial charge in [-0.2, -0.15) is 0 Å². The molecule has 3 aliphatic rings. The largest absolute Gasteiger partial charge is 0.379 e. The van der Waals surface area contributed by atoms with E-state index < -0.39 is 0 Å². The maximum Gasteiger partial charge on any atom is 0.140 e. The topological polar surface area (TPSA) is 29.5 Å². The minimum atomic E-state index is 0.352. The van der Waals surface area contributed by atoms with Crippen LogP contribution in [0.3, 0.4) is 0 Å². The summed E-state index contributed by atoms with van der Waals surface area (Å²) in [7, 11) is 0. The van der Waals surface area contributed by atoms with E-state index in [9.17, 15) is 4.79 Å². The van der Waals surface area contributed by atoms with Crippen LogP contribution in [0.5, 0.6) is 0 Å². The van der Waals surface area contributed by atoms with Crippen LogP contribution in [0.4, 0.5) is 0 Å². The van der Waals surface area contributed by atoms with Gasteiger partial charge in [0.25, 0.3) is 0 Å². The fourth-order valence-corrected chi connectivity index (χ4v) is 3.76. The molecule has 16 heavy (non-hydrogen) atoms. The predicted molar refractivity (Wildman–Crippen MR) is 61.3 cm³/mol. The Morgan fingerprint density at radius 1 is 1.06 bits per heavy atom. The van der Waals surface area contributed by atoms with E-state index in [0.29, 0.717) is 23.7 Å². The molecule has 1 heterocycles. The van der Waals surface area contributed by atoms with E-state index in [4.69, 9.17) is 4.74 Å². The number of nitrogens with zero attached hydrogens (tertiary/aromatic N) is 1. The molecule has 2 saturated carbocycles. The number of hydrogen-bond acceptors (Lipinski definition) is 3. The fraction of sp³-hybridized carbons (Fsp3) is 0.923. The van der Waals surface area contributed by atoms with E-state index in [1.54, 1.807) is 0 Å². The van der Waals surface area contributed by atoms with E-state index in [1.165, 1.54) is 12.8 Å². The van der Waals surface area contributed by atoms with Gasteiger partial charge >= 0.3 is 0 Å².